The Labute approximate surface area is 327 Å². The van der Waals surface area contributed by atoms with Crippen molar-refractivity contribution in [3.63, 3.8) is 0 Å². The quantitative estimate of drug-likeness (QED) is 0.0919. The molecule has 0 radical (unpaired) electrons. The Morgan fingerprint density at radius 3 is 1.58 bits per heavy atom. The number of esters is 1. The highest BCUT2D eigenvalue weighted by molar-refractivity contribution is 9.10. The first-order valence-electron chi connectivity index (χ1n) is 17.9. The first-order valence-corrected chi connectivity index (χ1v) is 18.7. The number of rotatable bonds is 16. The molecule has 55 heavy (non-hydrogen) atoms. The molecule has 0 N–H and O–H groups in total. The van der Waals surface area contributed by atoms with Crippen LogP contribution in [0.2, 0.25) is 0 Å². The molecule has 288 valence electrons. The minimum atomic E-state index is -4.80. The molecular formula is C44H42BrF3O7. The first-order chi connectivity index (χ1) is 26.7. The number of benzene rings is 5. The maximum Gasteiger partial charge on any atom is 0.416 e. The lowest BCUT2D eigenvalue weighted by molar-refractivity contribution is -0.289. The van der Waals surface area contributed by atoms with Crippen LogP contribution in [0, 0.1) is 0 Å². The standard InChI is InChI=1S/C44H42BrF3O7/c1-30(49)54-39(36-23-22-35(45)24-37(36)44(46,47)48)43-42(53-28-34-20-12-5-13-21-34)41(52-27-33-18-10-4-11-19-33)40(51-26-32-16-8-3-9-17-32)38(55-43)29-50-25-31-14-6-2-7-15-31/h2-24,38-43H,25-29H2,1H3/t38-,39-,40-,41?,42?,43-/m1/s1. The van der Waals surface area contributed by atoms with Gasteiger partial charge in [-0.3, -0.25) is 4.79 Å². The van der Waals surface area contributed by atoms with Crippen LogP contribution in [0.5, 0.6) is 0 Å². The van der Waals surface area contributed by atoms with Crippen molar-refractivity contribution in [1.82, 2.24) is 0 Å². The van der Waals surface area contributed by atoms with Gasteiger partial charge in [0.1, 0.15) is 30.5 Å². The highest BCUT2D eigenvalue weighted by Crippen LogP contribution is 2.43. The van der Waals surface area contributed by atoms with Crippen LogP contribution in [0.4, 0.5) is 13.2 Å². The summed E-state index contributed by atoms with van der Waals surface area (Å²) in [6.07, 6.45) is -11.5. The van der Waals surface area contributed by atoms with Gasteiger partial charge in [-0.1, -0.05) is 143 Å². The van der Waals surface area contributed by atoms with Crippen LogP contribution in [0.25, 0.3) is 0 Å². The number of ether oxygens (including phenoxy) is 6. The zero-order chi connectivity index (χ0) is 38.6. The Balaban J connectivity index is 1.45. The zero-order valence-corrected chi connectivity index (χ0v) is 31.7. The first kappa shape index (κ1) is 40.3. The molecule has 0 aliphatic carbocycles. The molecule has 6 atom stereocenters. The third-order valence-corrected chi connectivity index (χ3v) is 9.63. The monoisotopic (exact) mass is 818 g/mol. The molecule has 0 saturated carbocycles. The molecule has 1 aliphatic heterocycles. The van der Waals surface area contributed by atoms with E-state index in [4.69, 9.17) is 28.4 Å². The van der Waals surface area contributed by atoms with Crippen LogP contribution >= 0.6 is 15.9 Å². The van der Waals surface area contributed by atoms with E-state index in [2.05, 4.69) is 15.9 Å². The Morgan fingerprint density at radius 1 is 0.655 bits per heavy atom. The van der Waals surface area contributed by atoms with Gasteiger partial charge in [0.15, 0.2) is 6.10 Å². The van der Waals surface area contributed by atoms with E-state index in [-0.39, 0.29) is 43.1 Å². The van der Waals surface area contributed by atoms with Crippen molar-refractivity contribution in [3.05, 3.63) is 177 Å². The Bertz CT molecular complexity index is 1920. The predicted octanol–water partition coefficient (Wildman–Crippen LogP) is 9.81. The fourth-order valence-corrected chi connectivity index (χ4v) is 6.94. The molecule has 0 aromatic heterocycles. The fraction of sp³-hybridized carbons (Fsp3) is 0.295. The number of halogens is 4. The minimum absolute atomic E-state index is 0.0271. The fourth-order valence-electron chi connectivity index (χ4n) is 6.58. The number of hydrogen-bond donors (Lipinski definition) is 0. The Hall–Kier alpha value is -4.36. The summed E-state index contributed by atoms with van der Waals surface area (Å²) in [5.41, 5.74) is 2.19. The van der Waals surface area contributed by atoms with Crippen LogP contribution in [0.3, 0.4) is 0 Å². The summed E-state index contributed by atoms with van der Waals surface area (Å²) >= 11 is 3.18. The molecule has 1 heterocycles. The molecule has 1 aliphatic rings. The zero-order valence-electron chi connectivity index (χ0n) is 30.1. The van der Waals surface area contributed by atoms with Crippen LogP contribution in [0.15, 0.2) is 144 Å². The topological polar surface area (TPSA) is 72.5 Å². The van der Waals surface area contributed by atoms with E-state index in [9.17, 15) is 18.0 Å². The van der Waals surface area contributed by atoms with Crippen molar-refractivity contribution in [2.45, 2.75) is 76.2 Å². The highest BCUT2D eigenvalue weighted by atomic mass is 79.9. The molecule has 5 aromatic carbocycles. The van der Waals surface area contributed by atoms with Crippen LogP contribution in [0.1, 0.15) is 46.4 Å². The van der Waals surface area contributed by atoms with Gasteiger partial charge >= 0.3 is 12.1 Å². The number of hydrogen-bond acceptors (Lipinski definition) is 7. The molecular weight excluding hydrogens is 777 g/mol. The Kier molecular flexibility index (Phi) is 14.3. The van der Waals surface area contributed by atoms with Gasteiger partial charge in [0, 0.05) is 17.0 Å². The minimum Gasteiger partial charge on any atom is -0.455 e. The van der Waals surface area contributed by atoms with Crippen molar-refractivity contribution in [2.75, 3.05) is 6.61 Å². The summed E-state index contributed by atoms with van der Waals surface area (Å²) in [7, 11) is 0. The van der Waals surface area contributed by atoms with Gasteiger partial charge < -0.3 is 28.4 Å². The van der Waals surface area contributed by atoms with Gasteiger partial charge in [0.2, 0.25) is 0 Å². The lowest BCUT2D eigenvalue weighted by Crippen LogP contribution is -2.62. The van der Waals surface area contributed by atoms with Gasteiger partial charge in [-0.2, -0.15) is 13.2 Å². The van der Waals surface area contributed by atoms with Crippen LogP contribution in [-0.2, 0) is 65.8 Å². The van der Waals surface area contributed by atoms with Gasteiger partial charge in [0.05, 0.1) is 38.6 Å². The molecule has 7 nitrogen and oxygen atoms in total. The lowest BCUT2D eigenvalue weighted by atomic mass is 9.87. The van der Waals surface area contributed by atoms with Crippen molar-refractivity contribution >= 4 is 21.9 Å². The van der Waals surface area contributed by atoms with Crippen LogP contribution in [-0.4, -0.2) is 43.1 Å². The molecule has 0 amide bonds. The summed E-state index contributed by atoms with van der Waals surface area (Å²) in [6, 6.07) is 41.7. The molecule has 1 saturated heterocycles. The van der Waals surface area contributed by atoms with Gasteiger partial charge in [-0.15, -0.1) is 0 Å². The molecule has 2 unspecified atom stereocenters. The second-order valence-corrected chi connectivity index (χ2v) is 14.1. The smallest absolute Gasteiger partial charge is 0.416 e. The maximum atomic E-state index is 14.8. The molecule has 6 rings (SSSR count). The third kappa shape index (κ3) is 11.3. The van der Waals surface area contributed by atoms with Gasteiger partial charge in [0.25, 0.3) is 0 Å². The second kappa shape index (κ2) is 19.5. The lowest BCUT2D eigenvalue weighted by Gasteiger charge is -2.48. The van der Waals surface area contributed by atoms with Gasteiger partial charge in [-0.05, 0) is 34.4 Å². The molecule has 11 heteroatoms. The van der Waals surface area contributed by atoms with E-state index < -0.39 is 54.3 Å². The van der Waals surface area contributed by atoms with E-state index >= 15 is 0 Å². The van der Waals surface area contributed by atoms with Crippen molar-refractivity contribution < 1.29 is 46.4 Å². The number of carbonyl (C=O) groups is 1. The normalized spacial score (nSPS) is 20.5. The average Bonchev–Trinajstić information content (AvgIpc) is 3.19. The summed E-state index contributed by atoms with van der Waals surface area (Å²) in [4.78, 5) is 12.8. The van der Waals surface area contributed by atoms with E-state index in [1.54, 1.807) is 0 Å². The molecule has 0 bridgehead atoms. The van der Waals surface area contributed by atoms with Gasteiger partial charge in [-0.25, -0.2) is 0 Å². The van der Waals surface area contributed by atoms with Crippen molar-refractivity contribution in [3.8, 4) is 0 Å². The maximum absolute atomic E-state index is 14.8. The number of carbonyl (C=O) groups excluding carboxylic acids is 1. The van der Waals surface area contributed by atoms with E-state index in [1.165, 1.54) is 12.1 Å². The van der Waals surface area contributed by atoms with E-state index in [1.807, 2.05) is 121 Å². The SMILES string of the molecule is CC(=O)O[C@H](c1ccc(Br)cc1C(F)(F)F)[C@H]1O[C@H](COCc2ccccc2)[C@@H](OCc2ccccc2)C(OCc2ccccc2)C1OCc1ccccc1. The molecule has 0 spiro atoms. The van der Waals surface area contributed by atoms with E-state index in [0.29, 0.717) is 0 Å². The predicted molar refractivity (Wildman–Crippen MR) is 203 cm³/mol. The summed E-state index contributed by atoms with van der Waals surface area (Å²) in [6.45, 7) is 1.70. The highest BCUT2D eigenvalue weighted by Gasteiger charge is 2.53. The summed E-state index contributed by atoms with van der Waals surface area (Å²) in [5.74, 6) is -0.799. The second-order valence-electron chi connectivity index (χ2n) is 13.2. The molecule has 1 fully saturated rings. The number of alkyl halides is 3. The third-order valence-electron chi connectivity index (χ3n) is 9.14. The average molecular weight is 820 g/mol. The largest absolute Gasteiger partial charge is 0.455 e. The molecule has 5 aromatic rings. The Morgan fingerprint density at radius 2 is 1.11 bits per heavy atom. The van der Waals surface area contributed by atoms with Crippen molar-refractivity contribution in [1.29, 1.82) is 0 Å². The summed E-state index contributed by atoms with van der Waals surface area (Å²) < 4.78 is 83.5. The van der Waals surface area contributed by atoms with E-state index in [0.717, 1.165) is 35.2 Å². The van der Waals surface area contributed by atoms with Crippen molar-refractivity contribution in [2.24, 2.45) is 0 Å². The van der Waals surface area contributed by atoms with Crippen LogP contribution < -0.4 is 0 Å². The summed E-state index contributed by atoms with van der Waals surface area (Å²) in [5, 5.41) is 0.